The number of rotatable bonds is 4. The summed E-state index contributed by atoms with van der Waals surface area (Å²) in [4.78, 5) is 11.6. The summed E-state index contributed by atoms with van der Waals surface area (Å²) >= 11 is 0. The third kappa shape index (κ3) is 2.98. The van der Waals surface area contributed by atoms with Crippen molar-refractivity contribution in [2.24, 2.45) is 0 Å². The van der Waals surface area contributed by atoms with E-state index in [9.17, 15) is 13.2 Å². The molecule has 2 rings (SSSR count). The van der Waals surface area contributed by atoms with E-state index >= 15 is 0 Å². The van der Waals surface area contributed by atoms with Crippen molar-refractivity contribution in [3.63, 3.8) is 0 Å². The highest BCUT2D eigenvalue weighted by Gasteiger charge is 2.27. The van der Waals surface area contributed by atoms with Gasteiger partial charge in [0.25, 0.3) is 9.05 Å². The van der Waals surface area contributed by atoms with E-state index in [0.29, 0.717) is 0 Å². The number of carbonyl (C=O) groups is 1. The molecule has 1 aromatic heterocycles. The Morgan fingerprint density at radius 3 is 2.76 bits per heavy atom. The standard InChI is InChI=1S/C9H12ClN3O3S/c1-6(9(14)12-7-2-3-7)13-5-8(4-11-13)17(10,15)16/h4-7H,2-3H2,1H3,(H,12,14). The normalized spacial score (nSPS) is 17.8. The van der Waals surface area contributed by atoms with Crippen LogP contribution in [0.15, 0.2) is 17.3 Å². The van der Waals surface area contributed by atoms with Crippen LogP contribution in [0.3, 0.4) is 0 Å². The highest BCUT2D eigenvalue weighted by atomic mass is 35.7. The molecule has 1 aliphatic carbocycles. The SMILES string of the molecule is CC(C(=O)NC1CC1)n1cc(S(=O)(=O)Cl)cn1. The maximum atomic E-state index is 11.7. The Balaban J connectivity index is 2.10. The van der Waals surface area contributed by atoms with Gasteiger partial charge in [-0.05, 0) is 19.8 Å². The monoisotopic (exact) mass is 277 g/mol. The van der Waals surface area contributed by atoms with E-state index in [1.165, 1.54) is 10.9 Å². The molecule has 0 aromatic carbocycles. The maximum absolute atomic E-state index is 11.7. The molecule has 6 nitrogen and oxygen atoms in total. The molecule has 0 aliphatic heterocycles. The minimum atomic E-state index is -3.79. The van der Waals surface area contributed by atoms with Gasteiger partial charge in [0.2, 0.25) is 5.91 Å². The van der Waals surface area contributed by atoms with Crippen LogP contribution in [-0.2, 0) is 13.8 Å². The number of amides is 1. The van der Waals surface area contributed by atoms with Gasteiger partial charge in [0.1, 0.15) is 10.9 Å². The van der Waals surface area contributed by atoms with Gasteiger partial charge in [-0.3, -0.25) is 9.48 Å². The molecule has 0 bridgehead atoms. The number of hydrogen-bond acceptors (Lipinski definition) is 4. The first-order valence-corrected chi connectivity index (χ1v) is 7.48. The number of nitrogens with one attached hydrogen (secondary N) is 1. The van der Waals surface area contributed by atoms with Crippen LogP contribution in [0.2, 0.25) is 0 Å². The summed E-state index contributed by atoms with van der Waals surface area (Å²) in [5.74, 6) is -0.172. The third-order valence-electron chi connectivity index (χ3n) is 2.56. The molecule has 0 saturated heterocycles. The fourth-order valence-corrected chi connectivity index (χ4v) is 1.97. The topological polar surface area (TPSA) is 81.1 Å². The molecule has 1 heterocycles. The van der Waals surface area contributed by atoms with Crippen molar-refractivity contribution in [1.29, 1.82) is 0 Å². The van der Waals surface area contributed by atoms with Crippen LogP contribution in [0.4, 0.5) is 0 Å². The summed E-state index contributed by atoms with van der Waals surface area (Å²) < 4.78 is 23.4. The van der Waals surface area contributed by atoms with Crippen molar-refractivity contribution in [2.75, 3.05) is 0 Å². The molecule has 94 valence electrons. The second-order valence-corrected chi connectivity index (χ2v) is 6.62. The summed E-state index contributed by atoms with van der Waals surface area (Å²) in [6.07, 6.45) is 4.38. The molecule has 8 heteroatoms. The molecule has 1 saturated carbocycles. The fraction of sp³-hybridized carbons (Fsp3) is 0.556. The summed E-state index contributed by atoms with van der Waals surface area (Å²) in [6, 6.07) is -0.292. The van der Waals surface area contributed by atoms with Crippen LogP contribution in [0, 0.1) is 0 Å². The molecule has 0 spiro atoms. The van der Waals surface area contributed by atoms with Crippen LogP contribution in [-0.4, -0.2) is 30.1 Å². The molecule has 1 aliphatic rings. The predicted octanol–water partition coefficient (Wildman–Crippen LogP) is 0.650. The summed E-state index contributed by atoms with van der Waals surface area (Å²) in [6.45, 7) is 1.65. The number of carbonyl (C=O) groups excluding carboxylic acids is 1. The van der Waals surface area contributed by atoms with E-state index in [-0.39, 0.29) is 16.8 Å². The Bertz CT molecular complexity index is 535. The Hall–Kier alpha value is -1.08. The molecular weight excluding hydrogens is 266 g/mol. The van der Waals surface area contributed by atoms with Gasteiger partial charge in [-0.15, -0.1) is 0 Å². The first kappa shape index (κ1) is 12.4. The van der Waals surface area contributed by atoms with Gasteiger partial charge in [0, 0.05) is 22.9 Å². The van der Waals surface area contributed by atoms with Gasteiger partial charge in [-0.25, -0.2) is 8.42 Å². The molecule has 1 fully saturated rings. The number of halogens is 1. The van der Waals surface area contributed by atoms with Crippen molar-refractivity contribution in [3.05, 3.63) is 12.4 Å². The molecular formula is C9H12ClN3O3S. The second-order valence-electron chi connectivity index (χ2n) is 4.05. The summed E-state index contributed by atoms with van der Waals surface area (Å²) in [5, 5.41) is 6.64. The Morgan fingerprint density at radius 2 is 2.29 bits per heavy atom. The molecule has 1 N–H and O–H groups in total. The molecule has 1 atom stereocenters. The van der Waals surface area contributed by atoms with Crippen molar-refractivity contribution in [1.82, 2.24) is 15.1 Å². The van der Waals surface area contributed by atoms with E-state index in [4.69, 9.17) is 10.7 Å². The van der Waals surface area contributed by atoms with E-state index in [0.717, 1.165) is 19.0 Å². The lowest BCUT2D eigenvalue weighted by Crippen LogP contribution is -2.32. The predicted molar refractivity (Wildman–Crippen MR) is 61.1 cm³/mol. The van der Waals surface area contributed by atoms with Crippen LogP contribution in [0.25, 0.3) is 0 Å². The maximum Gasteiger partial charge on any atom is 0.264 e. The minimum Gasteiger partial charge on any atom is -0.352 e. The van der Waals surface area contributed by atoms with Gasteiger partial charge in [-0.1, -0.05) is 0 Å². The Labute approximate surface area is 103 Å². The fourth-order valence-electron chi connectivity index (χ4n) is 1.33. The van der Waals surface area contributed by atoms with Crippen LogP contribution >= 0.6 is 10.7 Å². The minimum absolute atomic E-state index is 0.106. The second kappa shape index (κ2) is 4.30. The first-order valence-electron chi connectivity index (χ1n) is 5.17. The van der Waals surface area contributed by atoms with Crippen molar-refractivity contribution in [2.45, 2.75) is 36.7 Å². The van der Waals surface area contributed by atoms with Crippen LogP contribution in [0.5, 0.6) is 0 Å². The summed E-state index contributed by atoms with van der Waals surface area (Å²) in [5.41, 5.74) is 0. The molecule has 0 radical (unpaired) electrons. The van der Waals surface area contributed by atoms with Crippen LogP contribution < -0.4 is 5.32 Å². The van der Waals surface area contributed by atoms with E-state index < -0.39 is 15.1 Å². The zero-order valence-corrected chi connectivity index (χ0v) is 10.7. The highest BCUT2D eigenvalue weighted by Crippen LogP contribution is 2.20. The zero-order chi connectivity index (χ0) is 12.6. The van der Waals surface area contributed by atoms with Gasteiger partial charge in [0.05, 0.1) is 6.20 Å². The molecule has 1 amide bonds. The van der Waals surface area contributed by atoms with Crippen LogP contribution in [0.1, 0.15) is 25.8 Å². The quantitative estimate of drug-likeness (QED) is 0.820. The van der Waals surface area contributed by atoms with Gasteiger partial charge < -0.3 is 5.32 Å². The molecule has 17 heavy (non-hydrogen) atoms. The zero-order valence-electron chi connectivity index (χ0n) is 9.13. The largest absolute Gasteiger partial charge is 0.352 e. The Kier molecular flexibility index (Phi) is 3.13. The van der Waals surface area contributed by atoms with E-state index in [2.05, 4.69) is 10.4 Å². The van der Waals surface area contributed by atoms with Gasteiger partial charge in [-0.2, -0.15) is 5.10 Å². The number of aromatic nitrogens is 2. The van der Waals surface area contributed by atoms with Crippen molar-refractivity contribution in [3.8, 4) is 0 Å². The van der Waals surface area contributed by atoms with Crippen molar-refractivity contribution >= 4 is 25.6 Å². The van der Waals surface area contributed by atoms with Gasteiger partial charge in [0.15, 0.2) is 0 Å². The van der Waals surface area contributed by atoms with E-state index in [1.807, 2.05) is 0 Å². The van der Waals surface area contributed by atoms with Gasteiger partial charge >= 0.3 is 0 Å². The first-order chi connectivity index (χ1) is 7.88. The van der Waals surface area contributed by atoms with E-state index in [1.54, 1.807) is 6.92 Å². The average Bonchev–Trinajstić information content (AvgIpc) is 2.89. The lowest BCUT2D eigenvalue weighted by Gasteiger charge is -2.11. The smallest absolute Gasteiger partial charge is 0.264 e. The average molecular weight is 278 g/mol. The summed E-state index contributed by atoms with van der Waals surface area (Å²) in [7, 11) is 1.37. The highest BCUT2D eigenvalue weighted by molar-refractivity contribution is 8.13. The third-order valence-corrected chi connectivity index (χ3v) is 3.87. The lowest BCUT2D eigenvalue weighted by molar-refractivity contribution is -0.124. The van der Waals surface area contributed by atoms with Crippen molar-refractivity contribution < 1.29 is 13.2 Å². The Morgan fingerprint density at radius 1 is 1.65 bits per heavy atom. The molecule has 1 unspecified atom stereocenters. The lowest BCUT2D eigenvalue weighted by atomic mass is 10.3. The molecule has 1 aromatic rings. The number of hydrogen-bond donors (Lipinski definition) is 1. The number of nitrogens with zero attached hydrogens (tertiary/aromatic N) is 2.